The van der Waals surface area contributed by atoms with E-state index in [0.29, 0.717) is 10.7 Å². The lowest BCUT2D eigenvalue weighted by Crippen LogP contribution is -2.07. The zero-order valence-corrected chi connectivity index (χ0v) is 14.2. The van der Waals surface area contributed by atoms with Gasteiger partial charge in [-0.1, -0.05) is 18.2 Å². The topological polar surface area (TPSA) is 42.0 Å². The number of carbonyl (C=O) groups is 1. The zero-order valence-electron chi connectivity index (χ0n) is 12.6. The number of nitrogens with zero attached hydrogens (tertiary/aromatic N) is 1. The van der Waals surface area contributed by atoms with Crippen molar-refractivity contribution in [2.75, 3.05) is 5.32 Å². The normalized spacial score (nSPS) is 11.8. The Bertz CT molecular complexity index is 899. The first-order valence-electron chi connectivity index (χ1n) is 7.07. The summed E-state index contributed by atoms with van der Waals surface area (Å²) in [4.78, 5) is 17.2. The fraction of sp³-hybridized carbons (Fsp3) is 0.0588. The largest absolute Gasteiger partial charge is 0.416 e. The van der Waals surface area contributed by atoms with Crippen LogP contribution in [-0.2, 0) is 11.0 Å². The molecule has 0 aliphatic rings. The van der Waals surface area contributed by atoms with Crippen LogP contribution in [0, 0.1) is 0 Å². The fourth-order valence-corrected chi connectivity index (χ4v) is 3.48. The molecular weight excluding hydrogens is 369 g/mol. The number of anilines is 1. The van der Waals surface area contributed by atoms with Crippen molar-refractivity contribution in [3.05, 3.63) is 64.4 Å². The van der Waals surface area contributed by atoms with Crippen LogP contribution in [0.4, 0.5) is 18.3 Å². The number of halogens is 3. The molecule has 0 aliphatic heterocycles. The Morgan fingerprint density at radius 2 is 2.00 bits per heavy atom. The number of hydrogen-bond donors (Lipinski definition) is 1. The molecule has 1 amide bonds. The van der Waals surface area contributed by atoms with Crippen molar-refractivity contribution in [3.8, 4) is 10.6 Å². The molecule has 0 saturated heterocycles. The van der Waals surface area contributed by atoms with E-state index in [0.717, 1.165) is 22.7 Å². The molecule has 0 bridgehead atoms. The Hall–Kier alpha value is -2.45. The molecular formula is C17H11F3N2OS2. The summed E-state index contributed by atoms with van der Waals surface area (Å²) in [7, 11) is 0. The number of rotatable bonds is 4. The zero-order chi connectivity index (χ0) is 17.9. The van der Waals surface area contributed by atoms with Crippen LogP contribution in [0.15, 0.2) is 53.2 Å². The number of carbonyl (C=O) groups excluding carboxylic acids is 1. The minimum atomic E-state index is -4.41. The van der Waals surface area contributed by atoms with Gasteiger partial charge in [0.1, 0.15) is 0 Å². The Kier molecular flexibility index (Phi) is 5.00. The molecule has 0 spiro atoms. The Morgan fingerprint density at radius 1 is 1.16 bits per heavy atom. The van der Waals surface area contributed by atoms with Crippen LogP contribution in [0.25, 0.3) is 16.6 Å². The molecule has 0 radical (unpaired) electrons. The van der Waals surface area contributed by atoms with Crippen molar-refractivity contribution in [3.63, 3.8) is 0 Å². The summed E-state index contributed by atoms with van der Waals surface area (Å²) in [6.07, 6.45) is -1.90. The number of aromatic nitrogens is 1. The molecule has 0 saturated carbocycles. The molecule has 8 heteroatoms. The van der Waals surface area contributed by atoms with Gasteiger partial charge in [0, 0.05) is 11.5 Å². The maximum absolute atomic E-state index is 12.7. The molecule has 2 heterocycles. The van der Waals surface area contributed by atoms with Crippen molar-refractivity contribution < 1.29 is 18.0 Å². The third kappa shape index (κ3) is 4.55. The number of nitrogens with one attached hydrogen (secondary N) is 1. The van der Waals surface area contributed by atoms with Crippen LogP contribution >= 0.6 is 22.7 Å². The van der Waals surface area contributed by atoms with Gasteiger partial charge in [0.15, 0.2) is 5.13 Å². The molecule has 3 aromatic rings. The average Bonchev–Trinajstić information content (AvgIpc) is 3.23. The summed E-state index contributed by atoms with van der Waals surface area (Å²) in [6.45, 7) is 0. The molecule has 128 valence electrons. The summed E-state index contributed by atoms with van der Waals surface area (Å²) in [5, 5.41) is 6.80. The van der Waals surface area contributed by atoms with Crippen LogP contribution in [0.2, 0.25) is 0 Å². The second-order valence-electron chi connectivity index (χ2n) is 4.96. The van der Waals surface area contributed by atoms with Crippen LogP contribution < -0.4 is 5.32 Å². The van der Waals surface area contributed by atoms with Crippen molar-refractivity contribution in [2.24, 2.45) is 0 Å². The van der Waals surface area contributed by atoms with Crippen molar-refractivity contribution in [1.29, 1.82) is 0 Å². The van der Waals surface area contributed by atoms with Crippen molar-refractivity contribution in [2.45, 2.75) is 6.18 Å². The summed E-state index contributed by atoms with van der Waals surface area (Å²) in [6, 6.07) is 8.61. The second kappa shape index (κ2) is 7.20. The Labute approximate surface area is 149 Å². The van der Waals surface area contributed by atoms with Gasteiger partial charge in [0.05, 0.1) is 16.1 Å². The lowest BCUT2D eigenvalue weighted by molar-refractivity contribution is -0.137. The van der Waals surface area contributed by atoms with Gasteiger partial charge in [-0.2, -0.15) is 13.2 Å². The molecule has 0 fully saturated rings. The van der Waals surface area contributed by atoms with Gasteiger partial charge in [-0.05, 0) is 35.2 Å². The number of hydrogen-bond acceptors (Lipinski definition) is 4. The van der Waals surface area contributed by atoms with Gasteiger partial charge >= 0.3 is 6.18 Å². The smallest absolute Gasteiger partial charge is 0.298 e. The van der Waals surface area contributed by atoms with Gasteiger partial charge in [0.25, 0.3) is 0 Å². The minimum Gasteiger partial charge on any atom is -0.298 e. The molecule has 2 aromatic heterocycles. The fourth-order valence-electron chi connectivity index (χ4n) is 2.01. The van der Waals surface area contributed by atoms with E-state index < -0.39 is 17.6 Å². The van der Waals surface area contributed by atoms with E-state index in [-0.39, 0.29) is 0 Å². The number of alkyl halides is 3. The molecule has 0 aliphatic carbocycles. The standard InChI is InChI=1S/C17H11F3N2OS2/c18-17(19,20)12-4-1-3-11(9-12)6-7-15(23)22-16-21-13(10-25-16)14-5-2-8-24-14/h1-10H,(H,21,22,23)/b7-6+. The van der Waals surface area contributed by atoms with E-state index in [1.807, 2.05) is 22.9 Å². The quantitative estimate of drug-likeness (QED) is 0.604. The van der Waals surface area contributed by atoms with E-state index in [9.17, 15) is 18.0 Å². The van der Waals surface area contributed by atoms with Gasteiger partial charge < -0.3 is 0 Å². The van der Waals surface area contributed by atoms with Crippen LogP contribution in [-0.4, -0.2) is 10.9 Å². The first kappa shape index (κ1) is 17.4. The Balaban J connectivity index is 1.66. The van der Waals surface area contributed by atoms with Crippen molar-refractivity contribution in [1.82, 2.24) is 4.98 Å². The number of thiophene rings is 1. The maximum atomic E-state index is 12.7. The third-order valence-corrected chi connectivity index (χ3v) is 4.80. The monoisotopic (exact) mass is 380 g/mol. The van der Waals surface area contributed by atoms with Gasteiger partial charge in [0.2, 0.25) is 5.91 Å². The predicted octanol–water partition coefficient (Wildman–Crippen LogP) is 5.54. The average molecular weight is 380 g/mol. The highest BCUT2D eigenvalue weighted by Crippen LogP contribution is 2.30. The van der Waals surface area contributed by atoms with E-state index in [1.54, 1.807) is 11.3 Å². The molecule has 3 rings (SSSR count). The predicted molar refractivity (Wildman–Crippen MR) is 94.5 cm³/mol. The van der Waals surface area contributed by atoms with Gasteiger partial charge in [-0.15, -0.1) is 22.7 Å². The van der Waals surface area contributed by atoms with E-state index >= 15 is 0 Å². The van der Waals surface area contributed by atoms with E-state index in [1.165, 1.54) is 35.6 Å². The van der Waals surface area contributed by atoms with Crippen molar-refractivity contribution >= 4 is 39.8 Å². The van der Waals surface area contributed by atoms with E-state index in [2.05, 4.69) is 10.3 Å². The molecule has 0 atom stereocenters. The van der Waals surface area contributed by atoms with Crippen LogP contribution in [0.3, 0.4) is 0 Å². The van der Waals surface area contributed by atoms with Gasteiger partial charge in [-0.25, -0.2) is 4.98 Å². The highest BCUT2D eigenvalue weighted by atomic mass is 32.1. The summed E-state index contributed by atoms with van der Waals surface area (Å²) in [5.74, 6) is -0.454. The molecule has 1 N–H and O–H groups in total. The highest BCUT2D eigenvalue weighted by molar-refractivity contribution is 7.16. The molecule has 25 heavy (non-hydrogen) atoms. The number of benzene rings is 1. The first-order chi connectivity index (χ1) is 11.9. The van der Waals surface area contributed by atoms with Crippen LogP contribution in [0.5, 0.6) is 0 Å². The van der Waals surface area contributed by atoms with E-state index in [4.69, 9.17) is 0 Å². The summed E-state index contributed by atoms with van der Waals surface area (Å²) in [5.41, 5.74) is 0.316. The highest BCUT2D eigenvalue weighted by Gasteiger charge is 2.30. The first-order valence-corrected chi connectivity index (χ1v) is 8.83. The minimum absolute atomic E-state index is 0.295. The lowest BCUT2D eigenvalue weighted by Gasteiger charge is -2.06. The maximum Gasteiger partial charge on any atom is 0.416 e. The summed E-state index contributed by atoms with van der Waals surface area (Å²) >= 11 is 2.83. The SMILES string of the molecule is O=C(/C=C/c1cccc(C(F)(F)F)c1)Nc1nc(-c2cccs2)cs1. The third-order valence-electron chi connectivity index (χ3n) is 3.15. The van der Waals surface area contributed by atoms with Gasteiger partial charge in [-0.3, -0.25) is 10.1 Å². The summed E-state index contributed by atoms with van der Waals surface area (Å²) < 4.78 is 38.0. The van der Waals surface area contributed by atoms with Crippen LogP contribution in [0.1, 0.15) is 11.1 Å². The number of thiazole rings is 1. The Morgan fingerprint density at radius 3 is 2.72 bits per heavy atom. The molecule has 0 unspecified atom stereocenters. The number of amides is 1. The molecule has 1 aromatic carbocycles. The lowest BCUT2D eigenvalue weighted by atomic mass is 10.1. The molecule has 3 nitrogen and oxygen atoms in total. The second-order valence-corrected chi connectivity index (χ2v) is 6.77.